The van der Waals surface area contributed by atoms with Crippen molar-refractivity contribution < 1.29 is 9.21 Å². The molecular formula is C25H23N5O2S2. The Kier molecular flexibility index (Phi) is 5.80. The number of nitrogens with zero attached hydrogens (tertiary/aromatic N) is 5. The second-order valence-corrected chi connectivity index (χ2v) is 10.2. The predicted octanol–water partition coefficient (Wildman–Crippen LogP) is 5.44. The number of carbonyl (C=O) groups is 1. The maximum absolute atomic E-state index is 13.6. The number of hydrogen-bond acceptors (Lipinski definition) is 7. The van der Waals surface area contributed by atoms with E-state index < -0.39 is 0 Å². The highest BCUT2D eigenvalue weighted by Gasteiger charge is 2.29. The molecule has 0 unspecified atom stereocenters. The van der Waals surface area contributed by atoms with Crippen molar-refractivity contribution in [3.63, 3.8) is 0 Å². The van der Waals surface area contributed by atoms with Crippen LogP contribution < -0.4 is 9.80 Å². The number of fused-ring (bicyclic) bond motifs is 2. The van der Waals surface area contributed by atoms with E-state index >= 15 is 0 Å². The zero-order chi connectivity index (χ0) is 22.9. The fourth-order valence-electron chi connectivity index (χ4n) is 4.40. The van der Waals surface area contributed by atoms with Gasteiger partial charge in [0, 0.05) is 22.9 Å². The average molecular weight is 490 g/mol. The van der Waals surface area contributed by atoms with E-state index in [-0.39, 0.29) is 11.7 Å². The van der Waals surface area contributed by atoms with E-state index in [4.69, 9.17) is 4.42 Å². The highest BCUT2D eigenvalue weighted by Crippen LogP contribution is 2.48. The van der Waals surface area contributed by atoms with Crippen LogP contribution in [0.4, 0.5) is 17.3 Å². The van der Waals surface area contributed by atoms with Crippen molar-refractivity contribution in [2.24, 2.45) is 0 Å². The monoisotopic (exact) mass is 489 g/mol. The first-order chi connectivity index (χ1) is 16.8. The smallest absolute Gasteiger partial charge is 0.242 e. The lowest BCUT2D eigenvalue weighted by Crippen LogP contribution is -2.30. The summed E-state index contributed by atoms with van der Waals surface area (Å²) in [5.41, 5.74) is 1.85. The summed E-state index contributed by atoms with van der Waals surface area (Å²) in [4.78, 5) is 19.9. The van der Waals surface area contributed by atoms with Gasteiger partial charge >= 0.3 is 0 Å². The first-order valence-corrected chi connectivity index (χ1v) is 13.1. The van der Waals surface area contributed by atoms with Crippen LogP contribution in [0.2, 0.25) is 0 Å². The Morgan fingerprint density at radius 2 is 1.65 bits per heavy atom. The summed E-state index contributed by atoms with van der Waals surface area (Å²) in [6.07, 6.45) is 3.98. The van der Waals surface area contributed by atoms with Crippen molar-refractivity contribution >= 4 is 46.8 Å². The lowest BCUT2D eigenvalue weighted by Gasteiger charge is -2.30. The minimum atomic E-state index is 0.0143. The lowest BCUT2D eigenvalue weighted by atomic mass is 10.2. The van der Waals surface area contributed by atoms with E-state index in [1.54, 1.807) is 18.0 Å². The molecular weight excluding hydrogens is 466 g/mol. The van der Waals surface area contributed by atoms with Crippen LogP contribution in [0, 0.1) is 0 Å². The number of thioether (sulfide) groups is 1. The molecule has 4 heterocycles. The number of amides is 1. The number of aromatic nitrogens is 3. The third-order valence-corrected chi connectivity index (χ3v) is 8.07. The molecule has 172 valence electrons. The van der Waals surface area contributed by atoms with Gasteiger partial charge in [0.05, 0.1) is 29.9 Å². The average Bonchev–Trinajstić information content (AvgIpc) is 3.64. The van der Waals surface area contributed by atoms with E-state index in [1.807, 2.05) is 53.4 Å². The van der Waals surface area contributed by atoms with E-state index in [0.29, 0.717) is 6.54 Å². The van der Waals surface area contributed by atoms with Crippen LogP contribution in [0.5, 0.6) is 0 Å². The molecule has 0 spiro atoms. The van der Waals surface area contributed by atoms with Gasteiger partial charge in [0.2, 0.25) is 11.9 Å². The Bertz CT molecular complexity index is 1270. The molecule has 9 heteroatoms. The SMILES string of the molecule is O=C(CSc1nnc(N2CCCC2)n1Cc1ccco1)N1c2ccccc2Sc2ccccc21. The molecule has 2 aromatic carbocycles. The standard InChI is InChI=1S/C25H23N5O2S2/c31-23(30-19-9-1-3-11-21(19)34-22-12-4-2-10-20(22)30)17-33-25-27-26-24(28-13-5-6-14-28)29(25)16-18-8-7-15-32-18/h1-4,7-12,15H,5-6,13-14,16-17H2. The molecule has 4 aromatic rings. The van der Waals surface area contributed by atoms with Gasteiger partial charge in [-0.05, 0) is 49.2 Å². The Labute approximate surface area is 206 Å². The molecule has 2 aliphatic heterocycles. The van der Waals surface area contributed by atoms with Crippen LogP contribution in [0.1, 0.15) is 18.6 Å². The number of para-hydroxylation sites is 2. The lowest BCUT2D eigenvalue weighted by molar-refractivity contribution is -0.115. The molecule has 0 radical (unpaired) electrons. The first kappa shape index (κ1) is 21.4. The quantitative estimate of drug-likeness (QED) is 0.334. The Balaban J connectivity index is 1.28. The van der Waals surface area contributed by atoms with Gasteiger partial charge in [-0.25, -0.2) is 0 Å². The summed E-state index contributed by atoms with van der Waals surface area (Å²) < 4.78 is 7.66. The van der Waals surface area contributed by atoms with Gasteiger partial charge in [0.1, 0.15) is 5.76 Å². The van der Waals surface area contributed by atoms with Gasteiger partial charge in [0.15, 0.2) is 5.16 Å². The van der Waals surface area contributed by atoms with E-state index in [2.05, 4.69) is 31.8 Å². The molecule has 0 N–H and O–H groups in total. The van der Waals surface area contributed by atoms with Gasteiger partial charge in [-0.1, -0.05) is 47.8 Å². The molecule has 1 saturated heterocycles. The summed E-state index contributed by atoms with van der Waals surface area (Å²) in [7, 11) is 0. The first-order valence-electron chi connectivity index (χ1n) is 11.3. The zero-order valence-corrected chi connectivity index (χ0v) is 20.1. The topological polar surface area (TPSA) is 67.4 Å². The summed E-state index contributed by atoms with van der Waals surface area (Å²) in [6.45, 7) is 2.48. The van der Waals surface area contributed by atoms with Gasteiger partial charge < -0.3 is 9.32 Å². The molecule has 6 rings (SSSR count). The number of benzene rings is 2. The molecule has 1 fully saturated rings. The number of furan rings is 1. The van der Waals surface area contributed by atoms with Crippen molar-refractivity contribution in [3.8, 4) is 0 Å². The van der Waals surface area contributed by atoms with Gasteiger partial charge in [-0.2, -0.15) is 0 Å². The molecule has 34 heavy (non-hydrogen) atoms. The van der Waals surface area contributed by atoms with E-state index in [9.17, 15) is 4.79 Å². The van der Waals surface area contributed by atoms with Crippen LogP contribution in [-0.2, 0) is 11.3 Å². The summed E-state index contributed by atoms with van der Waals surface area (Å²) in [5, 5.41) is 9.68. The fraction of sp³-hybridized carbons (Fsp3) is 0.240. The van der Waals surface area contributed by atoms with Crippen molar-refractivity contribution in [3.05, 3.63) is 72.7 Å². The number of carbonyl (C=O) groups excluding carboxylic acids is 1. The van der Waals surface area contributed by atoms with E-state index in [0.717, 1.165) is 64.0 Å². The molecule has 7 nitrogen and oxygen atoms in total. The van der Waals surface area contributed by atoms with Crippen LogP contribution in [-0.4, -0.2) is 39.5 Å². The third-order valence-electron chi connectivity index (χ3n) is 5.99. The maximum atomic E-state index is 13.6. The van der Waals surface area contributed by atoms with Gasteiger partial charge in [-0.3, -0.25) is 14.3 Å². The zero-order valence-electron chi connectivity index (χ0n) is 18.5. The number of anilines is 3. The Hall–Kier alpha value is -3.17. The van der Waals surface area contributed by atoms with Crippen molar-refractivity contribution in [1.29, 1.82) is 0 Å². The minimum absolute atomic E-state index is 0.0143. The highest BCUT2D eigenvalue weighted by atomic mass is 32.2. The van der Waals surface area contributed by atoms with Gasteiger partial charge in [0.25, 0.3) is 0 Å². The number of hydrogen-bond donors (Lipinski definition) is 0. The fourth-order valence-corrected chi connectivity index (χ4v) is 6.24. The van der Waals surface area contributed by atoms with E-state index in [1.165, 1.54) is 11.8 Å². The third kappa shape index (κ3) is 3.99. The summed E-state index contributed by atoms with van der Waals surface area (Å²) >= 11 is 3.12. The molecule has 0 aliphatic carbocycles. The summed E-state index contributed by atoms with van der Waals surface area (Å²) in [5.74, 6) is 1.95. The van der Waals surface area contributed by atoms with Gasteiger partial charge in [-0.15, -0.1) is 10.2 Å². The molecule has 1 amide bonds. The van der Waals surface area contributed by atoms with Crippen molar-refractivity contribution in [2.75, 3.05) is 28.6 Å². The van der Waals surface area contributed by atoms with Crippen LogP contribution in [0.15, 0.2) is 86.3 Å². The molecule has 0 atom stereocenters. The predicted molar refractivity (Wildman–Crippen MR) is 134 cm³/mol. The minimum Gasteiger partial charge on any atom is -0.467 e. The summed E-state index contributed by atoms with van der Waals surface area (Å²) in [6, 6.07) is 19.9. The van der Waals surface area contributed by atoms with Crippen LogP contribution in [0.3, 0.4) is 0 Å². The molecule has 0 bridgehead atoms. The normalized spacial score (nSPS) is 14.8. The van der Waals surface area contributed by atoms with Crippen molar-refractivity contribution in [1.82, 2.24) is 14.8 Å². The largest absolute Gasteiger partial charge is 0.467 e. The van der Waals surface area contributed by atoms with Crippen LogP contribution in [0.25, 0.3) is 0 Å². The maximum Gasteiger partial charge on any atom is 0.242 e. The molecule has 0 saturated carbocycles. The Morgan fingerprint density at radius 3 is 2.32 bits per heavy atom. The van der Waals surface area contributed by atoms with Crippen molar-refractivity contribution in [2.45, 2.75) is 34.3 Å². The second kappa shape index (κ2) is 9.23. The number of rotatable bonds is 6. The molecule has 2 aromatic heterocycles. The molecule has 2 aliphatic rings. The van der Waals surface area contributed by atoms with Crippen LogP contribution >= 0.6 is 23.5 Å². The Morgan fingerprint density at radius 1 is 0.941 bits per heavy atom. The highest BCUT2D eigenvalue weighted by molar-refractivity contribution is 8.00. The second-order valence-electron chi connectivity index (χ2n) is 8.20.